The van der Waals surface area contributed by atoms with Gasteiger partial charge in [0.25, 0.3) is 20.0 Å². The van der Waals surface area contributed by atoms with E-state index in [1.165, 1.54) is 48.5 Å². The maximum atomic E-state index is 13.4. The highest BCUT2D eigenvalue weighted by Gasteiger charge is 2.33. The summed E-state index contributed by atoms with van der Waals surface area (Å²) in [6.45, 7) is 0. The van der Waals surface area contributed by atoms with Crippen molar-refractivity contribution < 1.29 is 16.8 Å². The molecule has 0 aliphatic carbocycles. The highest BCUT2D eigenvalue weighted by atomic mass is 35.5. The van der Waals surface area contributed by atoms with Crippen molar-refractivity contribution in [3.8, 4) is 0 Å². The molecule has 0 unspecified atom stereocenters. The molecule has 32 heavy (non-hydrogen) atoms. The number of fused-ring (bicyclic) bond motifs is 1. The van der Waals surface area contributed by atoms with Crippen LogP contribution in [-0.4, -0.2) is 24.8 Å². The Labute approximate surface area is 202 Å². The minimum absolute atomic E-state index is 0.0584. The van der Waals surface area contributed by atoms with Crippen LogP contribution in [-0.2, 0) is 20.0 Å². The van der Waals surface area contributed by atoms with Crippen LogP contribution in [0.15, 0.2) is 75.2 Å². The molecule has 13 heteroatoms. The molecule has 0 spiro atoms. The number of nitrogens with zero attached hydrogens (tertiary/aromatic N) is 2. The van der Waals surface area contributed by atoms with E-state index in [4.69, 9.17) is 46.4 Å². The summed E-state index contributed by atoms with van der Waals surface area (Å²) in [5.74, 6) is 0. The van der Waals surface area contributed by atoms with Gasteiger partial charge in [0, 0.05) is 10.0 Å². The summed E-state index contributed by atoms with van der Waals surface area (Å²) in [5, 5.41) is -0.274. The third-order valence-electron chi connectivity index (χ3n) is 4.49. The summed E-state index contributed by atoms with van der Waals surface area (Å²) in [7, 11) is -9.29. The van der Waals surface area contributed by atoms with E-state index in [1.807, 2.05) is 0 Å². The van der Waals surface area contributed by atoms with Crippen LogP contribution in [0.2, 0.25) is 20.1 Å². The molecule has 0 fully saturated rings. The zero-order valence-corrected chi connectivity index (χ0v) is 20.2. The molecule has 4 aromatic rings. The van der Waals surface area contributed by atoms with Crippen molar-refractivity contribution in [2.75, 3.05) is 0 Å². The number of halogens is 4. The van der Waals surface area contributed by atoms with Crippen molar-refractivity contribution in [2.45, 2.75) is 9.79 Å². The van der Waals surface area contributed by atoms with Crippen LogP contribution in [0.3, 0.4) is 0 Å². The molecule has 0 aliphatic heterocycles. The average Bonchev–Trinajstić information content (AvgIpc) is 3.04. The van der Waals surface area contributed by atoms with Gasteiger partial charge in [0.05, 0.1) is 21.1 Å². The van der Waals surface area contributed by atoms with Crippen molar-refractivity contribution in [1.82, 2.24) is 7.94 Å². The van der Waals surface area contributed by atoms with Gasteiger partial charge in [-0.2, -0.15) is 7.94 Å². The first-order valence-corrected chi connectivity index (χ1v) is 13.0. The van der Waals surface area contributed by atoms with Crippen LogP contribution >= 0.6 is 46.4 Å². The standard InChI is InChI=1S/C19H10Cl4N2O5S2/c20-11-5-7-13(22)17(9-11)31(27,28)24-15-3-1-2-4-16(15)25(19(24)26)32(29,30)18-10-12(21)6-8-14(18)23/h1-10H. The maximum Gasteiger partial charge on any atom is 0.357 e. The van der Waals surface area contributed by atoms with E-state index >= 15 is 0 Å². The molecule has 0 N–H and O–H groups in total. The fourth-order valence-corrected chi connectivity index (χ4v) is 7.43. The molecule has 3 aromatic carbocycles. The van der Waals surface area contributed by atoms with Crippen LogP contribution in [0.1, 0.15) is 0 Å². The quantitative estimate of drug-likeness (QED) is 0.360. The molecule has 0 saturated heterocycles. The molecule has 0 radical (unpaired) electrons. The highest BCUT2D eigenvalue weighted by Crippen LogP contribution is 2.31. The molecule has 0 bridgehead atoms. The zero-order chi connectivity index (χ0) is 23.4. The molecular weight excluding hydrogens is 542 g/mol. The predicted molar refractivity (Wildman–Crippen MR) is 124 cm³/mol. The third-order valence-corrected chi connectivity index (χ3v) is 9.30. The van der Waals surface area contributed by atoms with Gasteiger partial charge in [-0.3, -0.25) is 0 Å². The van der Waals surface area contributed by atoms with E-state index in [1.54, 1.807) is 0 Å². The lowest BCUT2D eigenvalue weighted by atomic mass is 10.3. The molecule has 0 amide bonds. The van der Waals surface area contributed by atoms with Crippen molar-refractivity contribution in [2.24, 2.45) is 0 Å². The molecule has 4 rings (SSSR count). The lowest BCUT2D eigenvalue weighted by Gasteiger charge is -2.09. The van der Waals surface area contributed by atoms with Gasteiger partial charge in [0.1, 0.15) is 9.79 Å². The average molecular weight is 552 g/mol. The van der Waals surface area contributed by atoms with Crippen LogP contribution < -0.4 is 5.69 Å². The van der Waals surface area contributed by atoms with E-state index in [-0.39, 0.29) is 31.1 Å². The maximum absolute atomic E-state index is 13.4. The van der Waals surface area contributed by atoms with Gasteiger partial charge in [-0.1, -0.05) is 58.5 Å². The Hall–Kier alpha value is -2.01. The van der Waals surface area contributed by atoms with E-state index < -0.39 is 35.5 Å². The van der Waals surface area contributed by atoms with E-state index in [0.29, 0.717) is 7.94 Å². The first-order valence-electron chi connectivity index (χ1n) is 8.60. The van der Waals surface area contributed by atoms with Crippen molar-refractivity contribution in [3.05, 3.63) is 91.2 Å². The van der Waals surface area contributed by atoms with E-state index in [0.717, 1.165) is 12.1 Å². The largest absolute Gasteiger partial charge is 0.357 e. The van der Waals surface area contributed by atoms with Crippen LogP contribution in [0.5, 0.6) is 0 Å². The fourth-order valence-electron chi connectivity index (χ4n) is 3.11. The van der Waals surface area contributed by atoms with Crippen LogP contribution in [0, 0.1) is 0 Å². The number of imidazole rings is 1. The van der Waals surface area contributed by atoms with Gasteiger partial charge in [-0.25, -0.2) is 21.6 Å². The lowest BCUT2D eigenvalue weighted by molar-refractivity contribution is 0.582. The summed E-state index contributed by atoms with van der Waals surface area (Å²) in [6.07, 6.45) is 0. The van der Waals surface area contributed by atoms with Gasteiger partial charge in [0.2, 0.25) is 0 Å². The van der Waals surface area contributed by atoms with Gasteiger partial charge in [0.15, 0.2) is 0 Å². The first-order chi connectivity index (χ1) is 15.0. The van der Waals surface area contributed by atoms with Crippen LogP contribution in [0.25, 0.3) is 11.0 Å². The molecule has 1 aromatic heterocycles. The fraction of sp³-hybridized carbons (Fsp3) is 0. The highest BCUT2D eigenvalue weighted by molar-refractivity contribution is 7.91. The lowest BCUT2D eigenvalue weighted by Crippen LogP contribution is -2.33. The molecule has 0 atom stereocenters. The van der Waals surface area contributed by atoms with Crippen LogP contribution in [0.4, 0.5) is 0 Å². The predicted octanol–water partition coefficient (Wildman–Crippen LogP) is 4.89. The molecule has 0 aliphatic rings. The number of rotatable bonds is 4. The number of benzene rings is 3. The molecule has 1 heterocycles. The Balaban J connectivity index is 2.12. The summed E-state index contributed by atoms with van der Waals surface area (Å²) < 4.78 is 54.3. The first kappa shape index (κ1) is 23.2. The van der Waals surface area contributed by atoms with Crippen molar-refractivity contribution >= 4 is 77.5 Å². The minimum atomic E-state index is -4.65. The SMILES string of the molecule is O=c1n(S(=O)(=O)c2cc(Cl)ccc2Cl)c2ccccc2n1S(=O)(=O)c1cc(Cl)ccc1Cl. The minimum Gasteiger partial charge on any atom is -0.245 e. The number of hydrogen-bond donors (Lipinski definition) is 0. The summed E-state index contributed by atoms with van der Waals surface area (Å²) in [4.78, 5) is 12.4. The third kappa shape index (κ3) is 3.63. The summed E-state index contributed by atoms with van der Waals surface area (Å²) in [6, 6.07) is 12.9. The second-order valence-electron chi connectivity index (χ2n) is 6.46. The molecular formula is C19H10Cl4N2O5S2. The summed E-state index contributed by atoms with van der Waals surface area (Å²) in [5.41, 5.74) is -1.73. The molecule has 7 nitrogen and oxygen atoms in total. The monoisotopic (exact) mass is 550 g/mol. The number of hydrogen-bond acceptors (Lipinski definition) is 5. The zero-order valence-electron chi connectivity index (χ0n) is 15.5. The Bertz CT molecular complexity index is 1550. The van der Waals surface area contributed by atoms with Gasteiger partial charge < -0.3 is 0 Å². The Kier molecular flexibility index (Phi) is 5.85. The van der Waals surface area contributed by atoms with Gasteiger partial charge in [-0.05, 0) is 48.5 Å². The smallest absolute Gasteiger partial charge is 0.245 e. The molecule has 0 saturated carbocycles. The Morgan fingerprint density at radius 2 is 0.969 bits per heavy atom. The van der Waals surface area contributed by atoms with Crippen molar-refractivity contribution in [3.63, 3.8) is 0 Å². The van der Waals surface area contributed by atoms with E-state index in [2.05, 4.69) is 0 Å². The van der Waals surface area contributed by atoms with Crippen molar-refractivity contribution in [1.29, 1.82) is 0 Å². The second-order valence-corrected chi connectivity index (χ2v) is 11.7. The number of aromatic nitrogens is 2. The van der Waals surface area contributed by atoms with E-state index in [9.17, 15) is 21.6 Å². The number of para-hydroxylation sites is 2. The summed E-state index contributed by atoms with van der Waals surface area (Å²) >= 11 is 23.9. The Morgan fingerprint density at radius 1 is 0.594 bits per heavy atom. The topological polar surface area (TPSA) is 95.2 Å². The van der Waals surface area contributed by atoms with Gasteiger partial charge >= 0.3 is 5.69 Å². The second kappa shape index (κ2) is 8.09. The normalized spacial score (nSPS) is 12.4. The van der Waals surface area contributed by atoms with Gasteiger partial charge in [-0.15, -0.1) is 0 Å². The Morgan fingerprint density at radius 3 is 1.34 bits per heavy atom. The molecule has 166 valence electrons.